The summed E-state index contributed by atoms with van der Waals surface area (Å²) in [6.07, 6.45) is 2.07. The first-order valence-corrected chi connectivity index (χ1v) is 5.46. The molecule has 1 amide bonds. The molecule has 0 atom stereocenters. The molecule has 0 fully saturated rings. The second-order valence-corrected chi connectivity index (χ2v) is 3.90. The SMILES string of the molecule is CCC(=O)c1ccc2c(n1)CCN(C=O)C2. The highest BCUT2D eigenvalue weighted by Crippen LogP contribution is 2.17. The van der Waals surface area contributed by atoms with Gasteiger partial charge < -0.3 is 4.90 Å². The number of fused-ring (bicyclic) bond motifs is 1. The van der Waals surface area contributed by atoms with Gasteiger partial charge in [0.2, 0.25) is 6.41 Å². The molecular formula is C12H14N2O2. The van der Waals surface area contributed by atoms with Gasteiger partial charge in [0, 0.05) is 31.6 Å². The van der Waals surface area contributed by atoms with Crippen LogP contribution in [0.2, 0.25) is 0 Å². The first-order chi connectivity index (χ1) is 7.74. The highest BCUT2D eigenvalue weighted by molar-refractivity contribution is 5.94. The van der Waals surface area contributed by atoms with E-state index in [0.29, 0.717) is 25.2 Å². The number of carbonyl (C=O) groups excluding carboxylic acids is 2. The summed E-state index contributed by atoms with van der Waals surface area (Å²) in [6.45, 7) is 3.12. The molecule has 1 aromatic rings. The Kier molecular flexibility index (Phi) is 2.99. The first-order valence-electron chi connectivity index (χ1n) is 5.46. The van der Waals surface area contributed by atoms with Crippen molar-refractivity contribution in [1.82, 2.24) is 9.88 Å². The maximum atomic E-state index is 11.5. The quantitative estimate of drug-likeness (QED) is 0.565. The summed E-state index contributed by atoms with van der Waals surface area (Å²) in [7, 11) is 0. The third-order valence-electron chi connectivity index (χ3n) is 2.83. The summed E-state index contributed by atoms with van der Waals surface area (Å²) in [5.41, 5.74) is 2.55. The molecule has 0 saturated heterocycles. The molecule has 2 rings (SSSR count). The number of hydrogen-bond acceptors (Lipinski definition) is 3. The molecule has 0 saturated carbocycles. The molecule has 84 valence electrons. The topological polar surface area (TPSA) is 50.3 Å². The molecule has 0 aromatic carbocycles. The van der Waals surface area contributed by atoms with Crippen molar-refractivity contribution in [2.75, 3.05) is 6.54 Å². The van der Waals surface area contributed by atoms with Gasteiger partial charge in [-0.1, -0.05) is 13.0 Å². The van der Waals surface area contributed by atoms with Crippen molar-refractivity contribution in [1.29, 1.82) is 0 Å². The molecular weight excluding hydrogens is 204 g/mol. The smallest absolute Gasteiger partial charge is 0.210 e. The highest BCUT2D eigenvalue weighted by Gasteiger charge is 2.17. The summed E-state index contributed by atoms with van der Waals surface area (Å²) >= 11 is 0. The van der Waals surface area contributed by atoms with Gasteiger partial charge in [-0.05, 0) is 11.6 Å². The molecule has 16 heavy (non-hydrogen) atoms. The van der Waals surface area contributed by atoms with E-state index < -0.39 is 0 Å². The van der Waals surface area contributed by atoms with Gasteiger partial charge in [-0.25, -0.2) is 4.98 Å². The minimum absolute atomic E-state index is 0.0700. The molecule has 1 aliphatic rings. The zero-order valence-electron chi connectivity index (χ0n) is 9.27. The van der Waals surface area contributed by atoms with E-state index >= 15 is 0 Å². The number of pyridine rings is 1. The molecule has 1 aromatic heterocycles. The first kappa shape index (κ1) is 10.8. The molecule has 4 nitrogen and oxygen atoms in total. The van der Waals surface area contributed by atoms with Crippen molar-refractivity contribution in [3.8, 4) is 0 Å². The Morgan fingerprint density at radius 2 is 2.38 bits per heavy atom. The van der Waals surface area contributed by atoms with Crippen LogP contribution in [0.25, 0.3) is 0 Å². The lowest BCUT2D eigenvalue weighted by molar-refractivity contribution is -0.118. The summed E-state index contributed by atoms with van der Waals surface area (Å²) in [4.78, 5) is 28.2. The third-order valence-corrected chi connectivity index (χ3v) is 2.83. The molecule has 0 N–H and O–H groups in total. The van der Waals surface area contributed by atoms with Crippen molar-refractivity contribution in [3.05, 3.63) is 29.1 Å². The maximum absolute atomic E-state index is 11.5. The average Bonchev–Trinajstić information content (AvgIpc) is 2.36. The molecule has 0 spiro atoms. The minimum Gasteiger partial charge on any atom is -0.340 e. The van der Waals surface area contributed by atoms with Crippen LogP contribution in [0.15, 0.2) is 12.1 Å². The molecule has 1 aliphatic heterocycles. The summed E-state index contributed by atoms with van der Waals surface area (Å²) in [6, 6.07) is 3.65. The van der Waals surface area contributed by atoms with Gasteiger partial charge >= 0.3 is 0 Å². The van der Waals surface area contributed by atoms with Gasteiger partial charge in [-0.2, -0.15) is 0 Å². The standard InChI is InChI=1S/C12H14N2O2/c1-2-12(16)11-4-3-9-7-14(8-15)6-5-10(9)13-11/h3-4,8H,2,5-7H2,1H3. The second kappa shape index (κ2) is 4.43. The van der Waals surface area contributed by atoms with E-state index in [0.717, 1.165) is 24.1 Å². The number of hydrogen-bond donors (Lipinski definition) is 0. The number of nitrogens with zero attached hydrogens (tertiary/aromatic N) is 2. The molecule has 0 radical (unpaired) electrons. The molecule has 0 bridgehead atoms. The van der Waals surface area contributed by atoms with Gasteiger partial charge in [-0.15, -0.1) is 0 Å². The van der Waals surface area contributed by atoms with E-state index in [1.165, 1.54) is 0 Å². The fourth-order valence-corrected chi connectivity index (χ4v) is 1.86. The molecule has 4 heteroatoms. The monoisotopic (exact) mass is 218 g/mol. The average molecular weight is 218 g/mol. The van der Waals surface area contributed by atoms with Crippen LogP contribution in [0, 0.1) is 0 Å². The second-order valence-electron chi connectivity index (χ2n) is 3.90. The predicted molar refractivity (Wildman–Crippen MR) is 59.0 cm³/mol. The summed E-state index contributed by atoms with van der Waals surface area (Å²) in [5.74, 6) is 0.0700. The Bertz CT molecular complexity index is 429. The Balaban J connectivity index is 2.27. The summed E-state index contributed by atoms with van der Waals surface area (Å²) in [5, 5.41) is 0. The van der Waals surface area contributed by atoms with E-state index in [1.54, 1.807) is 11.0 Å². The lowest BCUT2D eigenvalue weighted by Gasteiger charge is -2.24. The Morgan fingerprint density at radius 3 is 3.06 bits per heavy atom. The van der Waals surface area contributed by atoms with Crippen LogP contribution in [0.1, 0.15) is 35.1 Å². The van der Waals surface area contributed by atoms with E-state index in [-0.39, 0.29) is 5.78 Å². The molecule has 2 heterocycles. The molecule has 0 aliphatic carbocycles. The zero-order valence-corrected chi connectivity index (χ0v) is 9.27. The van der Waals surface area contributed by atoms with Crippen molar-refractivity contribution < 1.29 is 9.59 Å². The van der Waals surface area contributed by atoms with Crippen LogP contribution in [0.3, 0.4) is 0 Å². The van der Waals surface area contributed by atoms with E-state index in [2.05, 4.69) is 4.98 Å². The summed E-state index contributed by atoms with van der Waals surface area (Å²) < 4.78 is 0. The van der Waals surface area contributed by atoms with Gasteiger partial charge in [0.05, 0.1) is 0 Å². The van der Waals surface area contributed by atoms with Crippen LogP contribution in [-0.4, -0.2) is 28.6 Å². The number of Topliss-reactive ketones (excluding diaryl/α,β-unsaturated/α-hetero) is 1. The van der Waals surface area contributed by atoms with Crippen LogP contribution >= 0.6 is 0 Å². The predicted octanol–water partition coefficient (Wildman–Crippen LogP) is 1.19. The minimum atomic E-state index is 0.0700. The van der Waals surface area contributed by atoms with Crippen LogP contribution in [0.5, 0.6) is 0 Å². The van der Waals surface area contributed by atoms with Crippen LogP contribution < -0.4 is 0 Å². The van der Waals surface area contributed by atoms with Crippen molar-refractivity contribution in [2.24, 2.45) is 0 Å². The van der Waals surface area contributed by atoms with Crippen LogP contribution in [-0.2, 0) is 17.8 Å². The normalized spacial score (nSPS) is 14.4. The van der Waals surface area contributed by atoms with Gasteiger partial charge in [0.25, 0.3) is 0 Å². The highest BCUT2D eigenvalue weighted by atomic mass is 16.1. The number of carbonyl (C=O) groups is 2. The van der Waals surface area contributed by atoms with Crippen molar-refractivity contribution in [3.63, 3.8) is 0 Å². The Morgan fingerprint density at radius 1 is 1.56 bits per heavy atom. The van der Waals surface area contributed by atoms with Gasteiger partial charge in [0.15, 0.2) is 5.78 Å². The number of rotatable bonds is 3. The Labute approximate surface area is 94.3 Å². The fourth-order valence-electron chi connectivity index (χ4n) is 1.86. The Hall–Kier alpha value is -1.71. The van der Waals surface area contributed by atoms with E-state index in [1.807, 2.05) is 13.0 Å². The third kappa shape index (κ3) is 1.96. The fraction of sp³-hybridized carbons (Fsp3) is 0.417. The van der Waals surface area contributed by atoms with Crippen molar-refractivity contribution >= 4 is 12.2 Å². The molecule has 0 unspecified atom stereocenters. The van der Waals surface area contributed by atoms with Gasteiger partial charge in [-0.3, -0.25) is 9.59 Å². The maximum Gasteiger partial charge on any atom is 0.210 e. The van der Waals surface area contributed by atoms with Crippen LogP contribution in [0.4, 0.5) is 0 Å². The lowest BCUT2D eigenvalue weighted by Crippen LogP contribution is -2.30. The number of ketones is 1. The van der Waals surface area contributed by atoms with Gasteiger partial charge in [0.1, 0.15) is 5.69 Å². The van der Waals surface area contributed by atoms with E-state index in [4.69, 9.17) is 0 Å². The largest absolute Gasteiger partial charge is 0.340 e. The number of amides is 1. The van der Waals surface area contributed by atoms with Crippen molar-refractivity contribution in [2.45, 2.75) is 26.3 Å². The number of aromatic nitrogens is 1. The lowest BCUT2D eigenvalue weighted by atomic mass is 10.0. The zero-order chi connectivity index (χ0) is 11.5. The van der Waals surface area contributed by atoms with E-state index in [9.17, 15) is 9.59 Å².